The van der Waals surface area contributed by atoms with Crippen LogP contribution in [-0.4, -0.2) is 17.6 Å². The van der Waals surface area contributed by atoms with Crippen LogP contribution in [0.2, 0.25) is 0 Å². The molecule has 0 aliphatic carbocycles. The highest BCUT2D eigenvalue weighted by Crippen LogP contribution is 2.30. The van der Waals surface area contributed by atoms with Crippen molar-refractivity contribution in [1.29, 1.82) is 0 Å². The predicted octanol–water partition coefficient (Wildman–Crippen LogP) is 4.64. The van der Waals surface area contributed by atoms with Gasteiger partial charge in [-0.2, -0.15) is 0 Å². The monoisotopic (exact) mass is 334 g/mol. The molecule has 3 aromatic rings. The lowest BCUT2D eigenvalue weighted by atomic mass is 10.0. The third-order valence-corrected chi connectivity index (χ3v) is 4.11. The second-order valence-corrected chi connectivity index (χ2v) is 6.08. The summed E-state index contributed by atoms with van der Waals surface area (Å²) in [7, 11) is 0. The molecule has 2 aromatic carbocycles. The Bertz CT molecular complexity index is 905. The van der Waals surface area contributed by atoms with Gasteiger partial charge in [-0.15, -0.1) is 0 Å². The van der Waals surface area contributed by atoms with Crippen molar-refractivity contribution < 1.29 is 9.53 Å². The Labute approximate surface area is 147 Å². The molecule has 1 aromatic heterocycles. The van der Waals surface area contributed by atoms with Gasteiger partial charge in [0.15, 0.2) is 0 Å². The van der Waals surface area contributed by atoms with Gasteiger partial charge in [-0.1, -0.05) is 42.0 Å². The number of carbonyl (C=O) groups is 1. The van der Waals surface area contributed by atoms with Crippen LogP contribution in [0.4, 0.5) is 5.69 Å². The maximum atomic E-state index is 12.4. The van der Waals surface area contributed by atoms with E-state index in [9.17, 15) is 4.79 Å². The summed E-state index contributed by atoms with van der Waals surface area (Å²) >= 11 is 0. The number of pyridine rings is 1. The van der Waals surface area contributed by atoms with E-state index in [0.29, 0.717) is 18.7 Å². The summed E-state index contributed by atoms with van der Waals surface area (Å²) in [5.74, 6) is -0.355. The maximum absolute atomic E-state index is 12.4. The molecular formula is C21H22N2O2. The SMILES string of the molecule is CCOC(=O)c1cnc2c(C)cc(C)cc2c1NCc1ccccc1. The van der Waals surface area contributed by atoms with E-state index >= 15 is 0 Å². The van der Waals surface area contributed by atoms with Crippen LogP contribution in [0.25, 0.3) is 10.9 Å². The van der Waals surface area contributed by atoms with Gasteiger partial charge in [0.05, 0.1) is 17.8 Å². The van der Waals surface area contributed by atoms with Crippen LogP contribution in [0.5, 0.6) is 0 Å². The first-order valence-electron chi connectivity index (χ1n) is 8.45. The quantitative estimate of drug-likeness (QED) is 0.691. The largest absolute Gasteiger partial charge is 0.462 e. The molecule has 0 aliphatic heterocycles. The molecule has 0 amide bonds. The van der Waals surface area contributed by atoms with Crippen LogP contribution in [0.15, 0.2) is 48.7 Å². The van der Waals surface area contributed by atoms with Gasteiger partial charge in [0.1, 0.15) is 5.56 Å². The lowest BCUT2D eigenvalue weighted by Crippen LogP contribution is -2.11. The smallest absolute Gasteiger partial charge is 0.341 e. The molecule has 0 spiro atoms. The fraction of sp³-hybridized carbons (Fsp3) is 0.238. The van der Waals surface area contributed by atoms with E-state index in [4.69, 9.17) is 4.74 Å². The number of nitrogens with one attached hydrogen (secondary N) is 1. The molecule has 0 radical (unpaired) electrons. The minimum absolute atomic E-state index is 0.335. The molecule has 25 heavy (non-hydrogen) atoms. The Balaban J connectivity index is 2.09. The summed E-state index contributed by atoms with van der Waals surface area (Å²) in [5.41, 5.74) is 5.51. The molecular weight excluding hydrogens is 312 g/mol. The number of aryl methyl sites for hydroxylation is 2. The first-order valence-corrected chi connectivity index (χ1v) is 8.45. The fourth-order valence-electron chi connectivity index (χ4n) is 3.00. The minimum atomic E-state index is -0.355. The lowest BCUT2D eigenvalue weighted by molar-refractivity contribution is 0.0527. The van der Waals surface area contributed by atoms with Crippen molar-refractivity contribution >= 4 is 22.6 Å². The molecule has 0 saturated carbocycles. The van der Waals surface area contributed by atoms with Gasteiger partial charge >= 0.3 is 5.97 Å². The van der Waals surface area contributed by atoms with Crippen LogP contribution in [0.1, 0.15) is 34.0 Å². The summed E-state index contributed by atoms with van der Waals surface area (Å²) < 4.78 is 5.21. The number of anilines is 1. The molecule has 0 fully saturated rings. The zero-order valence-electron chi connectivity index (χ0n) is 14.8. The van der Waals surface area contributed by atoms with Crippen molar-refractivity contribution in [3.05, 3.63) is 70.9 Å². The van der Waals surface area contributed by atoms with E-state index in [2.05, 4.69) is 34.6 Å². The average Bonchev–Trinajstić information content (AvgIpc) is 2.60. The van der Waals surface area contributed by atoms with Crippen molar-refractivity contribution in [2.45, 2.75) is 27.3 Å². The van der Waals surface area contributed by atoms with Crippen molar-refractivity contribution in [2.75, 3.05) is 11.9 Å². The van der Waals surface area contributed by atoms with Crippen molar-refractivity contribution in [1.82, 2.24) is 4.98 Å². The number of carbonyl (C=O) groups excluding carboxylic acids is 1. The average molecular weight is 334 g/mol. The first kappa shape index (κ1) is 17.0. The van der Waals surface area contributed by atoms with E-state index in [1.165, 1.54) is 0 Å². The third-order valence-electron chi connectivity index (χ3n) is 4.11. The summed E-state index contributed by atoms with van der Waals surface area (Å²) in [6.07, 6.45) is 1.61. The highest BCUT2D eigenvalue weighted by molar-refractivity contribution is 6.05. The van der Waals surface area contributed by atoms with E-state index in [1.54, 1.807) is 13.1 Å². The number of nitrogens with zero attached hydrogens (tertiary/aromatic N) is 1. The number of hydrogen-bond acceptors (Lipinski definition) is 4. The number of fused-ring (bicyclic) bond motifs is 1. The number of esters is 1. The standard InChI is InChI=1S/C21H22N2O2/c1-4-25-21(24)18-13-23-19-15(3)10-14(2)11-17(19)20(18)22-12-16-8-6-5-7-9-16/h5-11,13H,4,12H2,1-3H3,(H,22,23). The van der Waals surface area contributed by atoms with Gasteiger partial charge < -0.3 is 10.1 Å². The van der Waals surface area contributed by atoms with Gasteiger partial charge in [0.25, 0.3) is 0 Å². The molecule has 3 rings (SSSR count). The number of hydrogen-bond donors (Lipinski definition) is 1. The first-order chi connectivity index (χ1) is 12.1. The van der Waals surface area contributed by atoms with Gasteiger partial charge in [-0.05, 0) is 38.0 Å². The van der Waals surface area contributed by atoms with E-state index in [1.807, 2.05) is 32.0 Å². The molecule has 128 valence electrons. The summed E-state index contributed by atoms with van der Waals surface area (Å²) in [6.45, 7) is 6.84. The second-order valence-electron chi connectivity index (χ2n) is 6.08. The number of aromatic nitrogens is 1. The summed E-state index contributed by atoms with van der Waals surface area (Å²) in [5, 5.41) is 4.37. The van der Waals surface area contributed by atoms with Crippen molar-refractivity contribution in [3.63, 3.8) is 0 Å². The van der Waals surface area contributed by atoms with E-state index in [0.717, 1.165) is 33.3 Å². The highest BCUT2D eigenvalue weighted by atomic mass is 16.5. The Morgan fingerprint density at radius 2 is 1.92 bits per heavy atom. The van der Waals surface area contributed by atoms with Gasteiger partial charge in [0, 0.05) is 18.1 Å². The second kappa shape index (κ2) is 7.34. The highest BCUT2D eigenvalue weighted by Gasteiger charge is 2.17. The topological polar surface area (TPSA) is 51.2 Å². The van der Waals surface area contributed by atoms with Gasteiger partial charge in [0.2, 0.25) is 0 Å². The number of benzene rings is 2. The van der Waals surface area contributed by atoms with Crippen LogP contribution >= 0.6 is 0 Å². The molecule has 0 unspecified atom stereocenters. The van der Waals surface area contributed by atoms with Gasteiger partial charge in [-0.25, -0.2) is 4.79 Å². The maximum Gasteiger partial charge on any atom is 0.341 e. The van der Waals surface area contributed by atoms with Gasteiger partial charge in [-0.3, -0.25) is 4.98 Å². The molecule has 0 bridgehead atoms. The zero-order chi connectivity index (χ0) is 17.8. The fourth-order valence-corrected chi connectivity index (χ4v) is 3.00. The van der Waals surface area contributed by atoms with E-state index < -0.39 is 0 Å². The molecule has 1 N–H and O–H groups in total. The van der Waals surface area contributed by atoms with Crippen LogP contribution in [-0.2, 0) is 11.3 Å². The molecule has 1 heterocycles. The normalized spacial score (nSPS) is 10.7. The lowest BCUT2D eigenvalue weighted by Gasteiger charge is -2.15. The minimum Gasteiger partial charge on any atom is -0.462 e. The van der Waals surface area contributed by atoms with E-state index in [-0.39, 0.29) is 5.97 Å². The number of ether oxygens (including phenoxy) is 1. The van der Waals surface area contributed by atoms with Crippen molar-refractivity contribution in [3.8, 4) is 0 Å². The van der Waals surface area contributed by atoms with Crippen molar-refractivity contribution in [2.24, 2.45) is 0 Å². The third kappa shape index (κ3) is 3.63. The summed E-state index contributed by atoms with van der Waals surface area (Å²) in [4.78, 5) is 16.9. The van der Waals surface area contributed by atoms with Crippen LogP contribution in [0, 0.1) is 13.8 Å². The van der Waals surface area contributed by atoms with Crippen LogP contribution < -0.4 is 5.32 Å². The Morgan fingerprint density at radius 3 is 2.64 bits per heavy atom. The molecule has 0 aliphatic rings. The molecule has 4 heteroatoms. The van der Waals surface area contributed by atoms with Crippen LogP contribution in [0.3, 0.4) is 0 Å². The number of rotatable bonds is 5. The molecule has 0 saturated heterocycles. The Hall–Kier alpha value is -2.88. The Kier molecular flexibility index (Phi) is 4.98. The molecule has 4 nitrogen and oxygen atoms in total. The predicted molar refractivity (Wildman–Crippen MR) is 101 cm³/mol. The zero-order valence-corrected chi connectivity index (χ0v) is 14.8. The molecule has 0 atom stereocenters. The Morgan fingerprint density at radius 1 is 1.16 bits per heavy atom. The summed E-state index contributed by atoms with van der Waals surface area (Å²) in [6, 6.07) is 14.3.